The maximum atomic E-state index is 15.1. The van der Waals surface area contributed by atoms with Crippen molar-refractivity contribution in [3.63, 3.8) is 0 Å². The van der Waals surface area contributed by atoms with Crippen molar-refractivity contribution in [1.82, 2.24) is 0 Å². The van der Waals surface area contributed by atoms with Gasteiger partial charge in [-0.2, -0.15) is 0 Å². The highest BCUT2D eigenvalue weighted by Gasteiger charge is 2.25. The van der Waals surface area contributed by atoms with Crippen molar-refractivity contribution in [3.8, 4) is 16.9 Å². The third-order valence-electron chi connectivity index (χ3n) is 8.66. The second-order valence-electron chi connectivity index (χ2n) is 11.7. The number of halogens is 1. The second kappa shape index (κ2) is 15.7. The van der Waals surface area contributed by atoms with Crippen LogP contribution in [0.15, 0.2) is 66.7 Å². The lowest BCUT2D eigenvalue weighted by Gasteiger charge is -2.29. The third-order valence-corrected chi connectivity index (χ3v) is 8.66. The van der Waals surface area contributed by atoms with Crippen LogP contribution in [0.5, 0.6) is 5.75 Å². The van der Waals surface area contributed by atoms with E-state index >= 15 is 4.39 Å². The minimum atomic E-state index is -0.526. The highest BCUT2D eigenvalue weighted by atomic mass is 19.1. The third kappa shape index (κ3) is 8.78. The molecule has 1 aliphatic rings. The molecule has 2 nitrogen and oxygen atoms in total. The van der Waals surface area contributed by atoms with E-state index < -0.39 is 5.97 Å². The molecule has 1 fully saturated rings. The molecule has 0 unspecified atom stereocenters. The van der Waals surface area contributed by atoms with E-state index in [1.165, 1.54) is 82.3 Å². The zero-order valence-corrected chi connectivity index (χ0v) is 24.6. The van der Waals surface area contributed by atoms with E-state index in [2.05, 4.69) is 38.1 Å². The number of rotatable bonds is 14. The molecule has 0 atom stereocenters. The van der Waals surface area contributed by atoms with E-state index in [-0.39, 0.29) is 17.3 Å². The van der Waals surface area contributed by atoms with Crippen LogP contribution in [0.3, 0.4) is 0 Å². The summed E-state index contributed by atoms with van der Waals surface area (Å²) < 4.78 is 20.7. The molecule has 4 rings (SSSR count). The first-order valence-electron chi connectivity index (χ1n) is 15.8. The standard InChI is InChI=1S/C37H47FO2/c1-3-5-7-8-10-12-29-15-19-32(20-16-29)35-26-23-33(27-36(35)38)37(39)40-34-24-21-31(22-25-34)30-17-13-28(14-18-30)11-9-6-4-2/h13-14,17-18,21-27,29,32H,3-12,15-16,19-20H2,1-2H3. The molecule has 0 bridgehead atoms. The lowest BCUT2D eigenvalue weighted by atomic mass is 9.76. The van der Waals surface area contributed by atoms with Crippen LogP contribution in [-0.2, 0) is 6.42 Å². The summed E-state index contributed by atoms with van der Waals surface area (Å²) in [5.74, 6) is 0.686. The summed E-state index contributed by atoms with van der Waals surface area (Å²) in [6.07, 6.45) is 17.2. The Kier molecular flexibility index (Phi) is 11.8. The molecule has 214 valence electrons. The first kappa shape index (κ1) is 30.0. The van der Waals surface area contributed by atoms with Crippen LogP contribution in [0, 0.1) is 11.7 Å². The van der Waals surface area contributed by atoms with Crippen molar-refractivity contribution in [2.75, 3.05) is 0 Å². The van der Waals surface area contributed by atoms with E-state index in [0.717, 1.165) is 41.9 Å². The van der Waals surface area contributed by atoms with Crippen LogP contribution < -0.4 is 4.74 Å². The number of carbonyl (C=O) groups is 1. The fraction of sp³-hybridized carbons (Fsp3) is 0.486. The van der Waals surface area contributed by atoms with Crippen LogP contribution in [-0.4, -0.2) is 5.97 Å². The number of hydrogen-bond donors (Lipinski definition) is 0. The predicted octanol–water partition coefficient (Wildman–Crippen LogP) is 11.1. The lowest BCUT2D eigenvalue weighted by molar-refractivity contribution is 0.0734. The quantitative estimate of drug-likeness (QED) is 0.115. The van der Waals surface area contributed by atoms with Gasteiger partial charge in [-0.15, -0.1) is 0 Å². The molecular weight excluding hydrogens is 495 g/mol. The van der Waals surface area contributed by atoms with Crippen LogP contribution in [0.2, 0.25) is 0 Å². The van der Waals surface area contributed by atoms with Gasteiger partial charge < -0.3 is 4.74 Å². The Balaban J connectivity index is 1.27. The summed E-state index contributed by atoms with van der Waals surface area (Å²) in [5, 5.41) is 0. The average Bonchev–Trinajstić information content (AvgIpc) is 2.98. The topological polar surface area (TPSA) is 26.3 Å². The molecule has 0 spiro atoms. The Morgan fingerprint density at radius 2 is 1.38 bits per heavy atom. The van der Waals surface area contributed by atoms with E-state index in [0.29, 0.717) is 5.75 Å². The molecule has 3 aromatic carbocycles. The van der Waals surface area contributed by atoms with Gasteiger partial charge in [0.25, 0.3) is 0 Å². The number of aryl methyl sites for hydroxylation is 1. The van der Waals surface area contributed by atoms with Crippen molar-refractivity contribution in [2.24, 2.45) is 5.92 Å². The van der Waals surface area contributed by atoms with Crippen molar-refractivity contribution >= 4 is 5.97 Å². The van der Waals surface area contributed by atoms with Gasteiger partial charge in [-0.3, -0.25) is 0 Å². The molecule has 3 aromatic rings. The monoisotopic (exact) mass is 542 g/mol. The minimum absolute atomic E-state index is 0.249. The van der Waals surface area contributed by atoms with Gasteiger partial charge in [0.1, 0.15) is 11.6 Å². The van der Waals surface area contributed by atoms with Crippen molar-refractivity contribution in [3.05, 3.63) is 89.2 Å². The molecule has 0 aromatic heterocycles. The smallest absolute Gasteiger partial charge is 0.343 e. The molecule has 0 N–H and O–H groups in total. The minimum Gasteiger partial charge on any atom is -0.423 e. The number of benzene rings is 3. The van der Waals surface area contributed by atoms with Crippen molar-refractivity contribution in [2.45, 2.75) is 110 Å². The Labute approximate surface area is 241 Å². The molecule has 40 heavy (non-hydrogen) atoms. The number of unbranched alkanes of at least 4 members (excludes halogenated alkanes) is 6. The Morgan fingerprint density at radius 3 is 2.02 bits per heavy atom. The number of carbonyl (C=O) groups excluding carboxylic acids is 1. The van der Waals surface area contributed by atoms with Crippen LogP contribution in [0.25, 0.3) is 11.1 Å². The van der Waals surface area contributed by atoms with E-state index in [1.807, 2.05) is 12.1 Å². The van der Waals surface area contributed by atoms with Gasteiger partial charge in [0.15, 0.2) is 0 Å². The van der Waals surface area contributed by atoms with Gasteiger partial charge in [-0.05, 0) is 96.9 Å². The predicted molar refractivity (Wildman–Crippen MR) is 165 cm³/mol. The maximum Gasteiger partial charge on any atom is 0.343 e. The Morgan fingerprint density at radius 1 is 0.750 bits per heavy atom. The number of esters is 1. The number of ether oxygens (including phenoxy) is 1. The molecule has 0 aliphatic heterocycles. The Hall–Kier alpha value is -2.94. The van der Waals surface area contributed by atoms with Crippen molar-refractivity contribution < 1.29 is 13.9 Å². The van der Waals surface area contributed by atoms with Gasteiger partial charge in [0, 0.05) is 0 Å². The summed E-state index contributed by atoms with van der Waals surface area (Å²) in [4.78, 5) is 12.8. The second-order valence-corrected chi connectivity index (χ2v) is 11.7. The summed E-state index contributed by atoms with van der Waals surface area (Å²) in [7, 11) is 0. The fourth-order valence-electron chi connectivity index (χ4n) is 6.11. The highest BCUT2D eigenvalue weighted by molar-refractivity contribution is 5.91. The normalized spacial score (nSPS) is 17.1. The SMILES string of the molecule is CCCCCCCC1CCC(c2ccc(C(=O)Oc3ccc(-c4ccc(CCCCC)cc4)cc3)cc2F)CC1. The van der Waals surface area contributed by atoms with Gasteiger partial charge >= 0.3 is 5.97 Å². The van der Waals surface area contributed by atoms with Crippen LogP contribution >= 0.6 is 0 Å². The molecule has 3 heteroatoms. The molecule has 1 saturated carbocycles. The van der Waals surface area contributed by atoms with Gasteiger partial charge in [0.05, 0.1) is 5.56 Å². The van der Waals surface area contributed by atoms with Gasteiger partial charge in [-0.1, -0.05) is 108 Å². The average molecular weight is 543 g/mol. The summed E-state index contributed by atoms with van der Waals surface area (Å²) >= 11 is 0. The summed E-state index contributed by atoms with van der Waals surface area (Å²) in [6.45, 7) is 4.48. The fourth-order valence-corrected chi connectivity index (χ4v) is 6.11. The molecule has 0 saturated heterocycles. The Bertz CT molecular complexity index is 1170. The summed E-state index contributed by atoms with van der Waals surface area (Å²) in [6, 6.07) is 21.1. The van der Waals surface area contributed by atoms with Gasteiger partial charge in [0.2, 0.25) is 0 Å². The first-order chi connectivity index (χ1) is 19.6. The largest absolute Gasteiger partial charge is 0.423 e. The first-order valence-corrected chi connectivity index (χ1v) is 15.8. The zero-order valence-electron chi connectivity index (χ0n) is 24.6. The molecule has 0 amide bonds. The number of hydrogen-bond acceptors (Lipinski definition) is 2. The van der Waals surface area contributed by atoms with E-state index in [4.69, 9.17) is 4.74 Å². The summed E-state index contributed by atoms with van der Waals surface area (Å²) in [5.41, 5.74) is 4.57. The van der Waals surface area contributed by atoms with Crippen LogP contribution in [0.4, 0.5) is 4.39 Å². The lowest BCUT2D eigenvalue weighted by Crippen LogP contribution is -2.15. The van der Waals surface area contributed by atoms with E-state index in [1.54, 1.807) is 24.3 Å². The molecule has 0 radical (unpaired) electrons. The zero-order chi connectivity index (χ0) is 28.2. The maximum absolute atomic E-state index is 15.1. The van der Waals surface area contributed by atoms with E-state index in [9.17, 15) is 4.79 Å². The van der Waals surface area contributed by atoms with Gasteiger partial charge in [-0.25, -0.2) is 9.18 Å². The highest BCUT2D eigenvalue weighted by Crippen LogP contribution is 2.39. The van der Waals surface area contributed by atoms with Crippen molar-refractivity contribution in [1.29, 1.82) is 0 Å². The molecule has 1 aliphatic carbocycles. The van der Waals surface area contributed by atoms with Crippen LogP contribution in [0.1, 0.15) is 125 Å². The molecule has 0 heterocycles. The molecular formula is C37H47FO2.